The molecule has 6 N–H and O–H groups in total. The second kappa shape index (κ2) is 16.5. The number of carboxylic acids is 1. The number of nitrogens with one attached hydrogen (secondary N) is 1. The molecule has 5 rings (SSSR count). The van der Waals surface area contributed by atoms with Crippen LogP contribution in [0.5, 0.6) is 23.0 Å². The van der Waals surface area contributed by atoms with Crippen LogP contribution in [0.3, 0.4) is 0 Å². The number of aliphatic hydroxyl groups is 2. The Labute approximate surface area is 312 Å². The minimum absolute atomic E-state index is 0.0301. The number of phenolic OH excluding ortho intramolecular Hbond substituents is 2. The lowest BCUT2D eigenvalue weighted by Gasteiger charge is -2.38. The number of Topliss-reactive ketones (excluding diaryl/α,β-unsaturated/α-hetero) is 1. The summed E-state index contributed by atoms with van der Waals surface area (Å²) in [5.74, 6) is -9.54. The van der Waals surface area contributed by atoms with Crippen molar-refractivity contribution in [3.8, 4) is 23.0 Å². The maximum Gasteiger partial charge on any atom is 0.341 e. The normalized spacial score (nSPS) is 31.5. The predicted octanol–water partition coefficient (Wildman–Crippen LogP) is 4.51. The van der Waals surface area contributed by atoms with Crippen LogP contribution in [0, 0.1) is 30.6 Å². The number of amides is 1. The molecule has 9 unspecified atom stereocenters. The number of methoxy groups -OCH3 is 1. The molecule has 0 aromatic heterocycles. The van der Waals surface area contributed by atoms with Crippen LogP contribution in [0.25, 0.3) is 10.8 Å². The molecule has 15 nitrogen and oxygen atoms in total. The molecular formula is C39H49NO14. The summed E-state index contributed by atoms with van der Waals surface area (Å²) in [6.45, 7) is 11.4. The number of rotatable bonds is 5. The first kappa shape index (κ1) is 41.6. The van der Waals surface area contributed by atoms with Crippen molar-refractivity contribution in [2.75, 3.05) is 19.0 Å². The molecule has 3 aliphatic rings. The zero-order chi connectivity index (χ0) is 40.4. The van der Waals surface area contributed by atoms with Crippen molar-refractivity contribution in [2.24, 2.45) is 23.7 Å². The number of aliphatic carboxylic acids is 1. The number of esters is 1. The first-order valence-corrected chi connectivity index (χ1v) is 17.5. The number of carboxylic acid groups (broad SMARTS) is 1. The average molecular weight is 756 g/mol. The lowest BCUT2D eigenvalue weighted by atomic mass is 9.78. The number of carbonyl (C=O) groups is 4. The fraction of sp³-hybridized carbons (Fsp3) is 0.487. The molecule has 3 heterocycles. The molecule has 2 aromatic carbocycles. The Morgan fingerprint density at radius 3 is 2.24 bits per heavy atom. The molecule has 0 spiro atoms. The van der Waals surface area contributed by atoms with Gasteiger partial charge in [-0.1, -0.05) is 45.9 Å². The molecule has 0 aliphatic carbocycles. The highest BCUT2D eigenvalue weighted by Gasteiger charge is 2.49. The number of ether oxygens (including phenoxy) is 5. The Kier molecular flexibility index (Phi) is 12.7. The second-order valence-corrected chi connectivity index (χ2v) is 14.1. The molecule has 294 valence electrons. The summed E-state index contributed by atoms with van der Waals surface area (Å²) in [4.78, 5) is 51.3. The van der Waals surface area contributed by atoms with Gasteiger partial charge in [-0.25, -0.2) is 4.79 Å². The number of ketones is 1. The number of fused-ring (bicyclic) bond motifs is 14. The van der Waals surface area contributed by atoms with Gasteiger partial charge in [0.2, 0.25) is 0 Å². The van der Waals surface area contributed by atoms with Gasteiger partial charge in [0.25, 0.3) is 11.7 Å². The van der Waals surface area contributed by atoms with Crippen LogP contribution in [-0.2, 0) is 28.6 Å². The van der Waals surface area contributed by atoms with E-state index in [4.69, 9.17) is 23.7 Å². The van der Waals surface area contributed by atoms with Crippen molar-refractivity contribution in [1.82, 2.24) is 0 Å². The quantitative estimate of drug-likeness (QED) is 0.182. The lowest BCUT2D eigenvalue weighted by molar-refractivity contribution is -0.160. The van der Waals surface area contributed by atoms with Crippen LogP contribution in [0.15, 0.2) is 42.2 Å². The van der Waals surface area contributed by atoms with E-state index < -0.39 is 95.6 Å². The summed E-state index contributed by atoms with van der Waals surface area (Å²) >= 11 is 0. The Morgan fingerprint density at radius 1 is 0.963 bits per heavy atom. The molecule has 0 saturated heterocycles. The third-order valence-electron chi connectivity index (χ3n) is 10.2. The molecule has 9 atom stereocenters. The van der Waals surface area contributed by atoms with E-state index in [9.17, 15) is 44.7 Å². The molecule has 0 saturated carbocycles. The number of aliphatic hydroxyl groups excluding tert-OH is 2. The summed E-state index contributed by atoms with van der Waals surface area (Å²) in [6, 6.07) is 1.13. The van der Waals surface area contributed by atoms with E-state index in [0.717, 1.165) is 6.07 Å². The topological polar surface area (TPSA) is 228 Å². The molecule has 15 heteroatoms. The maximum atomic E-state index is 14.2. The van der Waals surface area contributed by atoms with Gasteiger partial charge in [-0.05, 0) is 19.9 Å². The number of hydrogen-bond acceptors (Lipinski definition) is 13. The first-order valence-electron chi connectivity index (χ1n) is 17.5. The Morgan fingerprint density at radius 2 is 1.63 bits per heavy atom. The monoisotopic (exact) mass is 755 g/mol. The smallest absolute Gasteiger partial charge is 0.341 e. The summed E-state index contributed by atoms with van der Waals surface area (Å²) in [5, 5.41) is 57.0. The fourth-order valence-electron chi connectivity index (χ4n) is 6.89. The summed E-state index contributed by atoms with van der Waals surface area (Å²) in [6.07, 6.45) is 3.37. The van der Waals surface area contributed by atoms with E-state index in [1.807, 2.05) is 0 Å². The number of anilines is 1. The van der Waals surface area contributed by atoms with Gasteiger partial charge in [0, 0.05) is 67.2 Å². The Balaban J connectivity index is 1.93. The predicted molar refractivity (Wildman–Crippen MR) is 195 cm³/mol. The van der Waals surface area contributed by atoms with E-state index in [1.165, 1.54) is 53.2 Å². The molecule has 1 amide bonds. The number of aromatic hydroxyl groups is 2. The van der Waals surface area contributed by atoms with Crippen molar-refractivity contribution in [3.05, 3.63) is 53.3 Å². The van der Waals surface area contributed by atoms with Gasteiger partial charge in [-0.2, -0.15) is 0 Å². The summed E-state index contributed by atoms with van der Waals surface area (Å²) in [5.41, 5.74) is -0.251. The SMILES string of the molecule is COC1/C=C/OC2(C)Oc3c(C)c(O)c4c(O)c(cc(OCC(=O)O)c4c3C2=O)NC(=O)/C(C)=C\C=C\C(C)C(O)C(C)C(O)C(C)C(OC(C)=O)C1C. The van der Waals surface area contributed by atoms with E-state index in [1.54, 1.807) is 39.8 Å². The molecule has 0 fully saturated rings. The highest BCUT2D eigenvalue weighted by Crippen LogP contribution is 2.54. The Bertz CT molecular complexity index is 1900. The number of hydrogen-bond donors (Lipinski definition) is 6. The van der Waals surface area contributed by atoms with Crippen molar-refractivity contribution in [2.45, 2.75) is 85.6 Å². The van der Waals surface area contributed by atoms with E-state index >= 15 is 0 Å². The zero-order valence-electron chi connectivity index (χ0n) is 31.7. The number of benzene rings is 2. The van der Waals surface area contributed by atoms with E-state index in [0.29, 0.717) is 0 Å². The maximum absolute atomic E-state index is 14.2. The van der Waals surface area contributed by atoms with Crippen molar-refractivity contribution in [1.29, 1.82) is 0 Å². The fourth-order valence-corrected chi connectivity index (χ4v) is 6.89. The second-order valence-electron chi connectivity index (χ2n) is 14.1. The van der Waals surface area contributed by atoms with Gasteiger partial charge in [-0.3, -0.25) is 14.4 Å². The summed E-state index contributed by atoms with van der Waals surface area (Å²) in [7, 11) is 1.41. The largest absolute Gasteiger partial charge is 0.507 e. The molecule has 5 bridgehead atoms. The molecule has 0 radical (unpaired) electrons. The van der Waals surface area contributed by atoms with Gasteiger partial charge < -0.3 is 54.5 Å². The van der Waals surface area contributed by atoms with Crippen molar-refractivity contribution < 1.29 is 68.4 Å². The zero-order valence-corrected chi connectivity index (χ0v) is 31.7. The average Bonchev–Trinajstić information content (AvgIpc) is 3.38. The molecular weight excluding hydrogens is 706 g/mol. The van der Waals surface area contributed by atoms with Crippen LogP contribution >= 0.6 is 0 Å². The van der Waals surface area contributed by atoms with Crippen LogP contribution in [0.2, 0.25) is 0 Å². The van der Waals surface area contributed by atoms with Gasteiger partial charge in [-0.15, -0.1) is 0 Å². The standard InChI is InChI=1S/C39H49NO14/c1-17-11-10-12-18(2)38(49)40-24-15-26(51-16-27(42)43)28-29(34(24)47)33(46)22(6)36-30(28)37(48)39(8,54-36)52-14-13-25(50-9)19(3)35(53-23(7)41)21(5)32(45)20(4)31(17)44/h10-15,17,19-21,25,31-32,35,44-47H,16H2,1-9H3,(H,40,49)(H,42,43)/b11-10+,14-13+,18-12-. The van der Waals surface area contributed by atoms with Crippen molar-refractivity contribution in [3.63, 3.8) is 0 Å². The minimum Gasteiger partial charge on any atom is -0.507 e. The van der Waals surface area contributed by atoms with E-state index in [-0.39, 0.29) is 44.7 Å². The molecule has 3 aliphatic heterocycles. The summed E-state index contributed by atoms with van der Waals surface area (Å²) < 4.78 is 28.9. The Hall–Kier alpha value is -5.12. The van der Waals surface area contributed by atoms with Crippen LogP contribution in [0.1, 0.15) is 64.4 Å². The highest BCUT2D eigenvalue weighted by atomic mass is 16.7. The number of allylic oxidation sites excluding steroid dienone is 2. The number of carbonyl (C=O) groups excluding carboxylic acids is 3. The first-order chi connectivity index (χ1) is 25.2. The van der Waals surface area contributed by atoms with Gasteiger partial charge in [0.05, 0.1) is 41.2 Å². The number of phenols is 2. The third kappa shape index (κ3) is 8.17. The van der Waals surface area contributed by atoms with Crippen molar-refractivity contribution >= 4 is 40.1 Å². The van der Waals surface area contributed by atoms with Gasteiger partial charge >= 0.3 is 17.7 Å². The van der Waals surface area contributed by atoms with Crippen LogP contribution < -0.4 is 14.8 Å². The molecule has 54 heavy (non-hydrogen) atoms. The van der Waals surface area contributed by atoms with Gasteiger partial charge in [0.15, 0.2) is 12.4 Å². The lowest BCUT2D eigenvalue weighted by Crippen LogP contribution is -2.46. The highest BCUT2D eigenvalue weighted by molar-refractivity contribution is 6.21. The van der Waals surface area contributed by atoms with Gasteiger partial charge in [0.1, 0.15) is 23.4 Å². The molecule has 2 aromatic rings. The third-order valence-corrected chi connectivity index (χ3v) is 10.2. The van der Waals surface area contributed by atoms with Crippen LogP contribution in [-0.4, -0.2) is 93.1 Å². The van der Waals surface area contributed by atoms with E-state index in [2.05, 4.69) is 5.32 Å². The minimum atomic E-state index is -2.05. The van der Waals surface area contributed by atoms with Crippen LogP contribution in [0.4, 0.5) is 5.69 Å².